The number of hydrogen-bond acceptors (Lipinski definition) is 5. The first kappa shape index (κ1) is 17.7. The predicted molar refractivity (Wildman–Crippen MR) is 94.9 cm³/mol. The Bertz CT molecular complexity index is 756. The van der Waals surface area contributed by atoms with Gasteiger partial charge in [0, 0.05) is 23.1 Å². The van der Waals surface area contributed by atoms with E-state index in [1.54, 1.807) is 36.9 Å². The lowest BCUT2D eigenvalue weighted by molar-refractivity contribution is -0.385. The van der Waals surface area contributed by atoms with Crippen LogP contribution in [0.25, 0.3) is 6.08 Å². The van der Waals surface area contributed by atoms with Gasteiger partial charge in [0.15, 0.2) is 0 Å². The second-order valence-electron chi connectivity index (χ2n) is 5.04. The van der Waals surface area contributed by atoms with E-state index < -0.39 is 17.0 Å². The van der Waals surface area contributed by atoms with Gasteiger partial charge in [0.2, 0.25) is 0 Å². The second-order valence-corrected chi connectivity index (χ2v) is 5.92. The van der Waals surface area contributed by atoms with Crippen LogP contribution in [0.2, 0.25) is 0 Å². The first-order valence-electron chi connectivity index (χ1n) is 7.26. The Labute approximate surface area is 144 Å². The third kappa shape index (κ3) is 4.96. The number of nitro benzene ring substituents is 1. The fourth-order valence-corrected chi connectivity index (χ4v) is 2.46. The molecule has 5 nitrogen and oxygen atoms in total. The van der Waals surface area contributed by atoms with Gasteiger partial charge in [-0.25, -0.2) is 4.79 Å². The molecule has 0 radical (unpaired) electrons. The molecule has 0 amide bonds. The smallest absolute Gasteiger partial charge is 0.331 e. The minimum Gasteiger partial charge on any atom is -0.455 e. The number of nitrogens with zero attached hydrogens (tertiary/aromatic N) is 1. The highest BCUT2D eigenvalue weighted by Crippen LogP contribution is 2.22. The Morgan fingerprint density at radius 1 is 1.25 bits per heavy atom. The highest BCUT2D eigenvalue weighted by molar-refractivity contribution is 7.98. The Morgan fingerprint density at radius 3 is 2.58 bits per heavy atom. The van der Waals surface area contributed by atoms with Gasteiger partial charge in [-0.1, -0.05) is 24.3 Å². The standard InChI is InChI=1S/C18H17NO4S/c1-13(15-4-3-5-16(12-15)19(21)22)23-18(20)11-8-14-6-9-17(24-2)10-7-14/h3-13H,1-2H3/b11-8+/t13-/m1/s1. The van der Waals surface area contributed by atoms with Crippen molar-refractivity contribution in [1.82, 2.24) is 0 Å². The normalized spacial score (nSPS) is 12.1. The number of carbonyl (C=O) groups is 1. The van der Waals surface area contributed by atoms with E-state index >= 15 is 0 Å². The molecule has 0 N–H and O–H groups in total. The maximum Gasteiger partial charge on any atom is 0.331 e. The maximum absolute atomic E-state index is 11.9. The average molecular weight is 343 g/mol. The lowest BCUT2D eigenvalue weighted by atomic mass is 10.1. The molecule has 0 fully saturated rings. The van der Waals surface area contributed by atoms with Crippen LogP contribution in [-0.4, -0.2) is 17.1 Å². The number of esters is 1. The zero-order valence-corrected chi connectivity index (χ0v) is 14.2. The van der Waals surface area contributed by atoms with Gasteiger partial charge in [0.05, 0.1) is 4.92 Å². The summed E-state index contributed by atoms with van der Waals surface area (Å²) in [6, 6.07) is 13.8. The summed E-state index contributed by atoms with van der Waals surface area (Å²) >= 11 is 1.65. The first-order valence-corrected chi connectivity index (χ1v) is 8.49. The monoisotopic (exact) mass is 343 g/mol. The van der Waals surface area contributed by atoms with Crippen molar-refractivity contribution >= 4 is 29.5 Å². The molecule has 0 saturated heterocycles. The van der Waals surface area contributed by atoms with E-state index in [0.717, 1.165) is 10.5 Å². The van der Waals surface area contributed by atoms with E-state index in [-0.39, 0.29) is 5.69 Å². The van der Waals surface area contributed by atoms with E-state index in [9.17, 15) is 14.9 Å². The molecular weight excluding hydrogens is 326 g/mol. The number of hydrogen-bond donors (Lipinski definition) is 0. The molecule has 0 spiro atoms. The molecule has 0 aliphatic heterocycles. The summed E-state index contributed by atoms with van der Waals surface area (Å²) in [6.07, 6.45) is 4.45. The SMILES string of the molecule is CSc1ccc(/C=C/C(=O)O[C@H](C)c2cccc([N+](=O)[O-])c2)cc1. The zero-order chi connectivity index (χ0) is 17.5. The summed E-state index contributed by atoms with van der Waals surface area (Å²) in [4.78, 5) is 23.4. The molecule has 0 heterocycles. The van der Waals surface area contributed by atoms with Gasteiger partial charge < -0.3 is 4.74 Å². The average Bonchev–Trinajstić information content (AvgIpc) is 2.60. The summed E-state index contributed by atoms with van der Waals surface area (Å²) < 4.78 is 5.29. The third-order valence-corrected chi connectivity index (χ3v) is 4.11. The molecule has 0 unspecified atom stereocenters. The maximum atomic E-state index is 11.9. The first-order chi connectivity index (χ1) is 11.5. The van der Waals surface area contributed by atoms with Crippen LogP contribution < -0.4 is 0 Å². The van der Waals surface area contributed by atoms with Crippen LogP contribution >= 0.6 is 11.8 Å². The highest BCUT2D eigenvalue weighted by Gasteiger charge is 2.13. The van der Waals surface area contributed by atoms with Crippen molar-refractivity contribution in [2.24, 2.45) is 0 Å². The molecule has 0 aliphatic carbocycles. The fraction of sp³-hybridized carbons (Fsp3) is 0.167. The van der Waals surface area contributed by atoms with Gasteiger partial charge in [0.1, 0.15) is 6.10 Å². The quantitative estimate of drug-likeness (QED) is 0.251. The van der Waals surface area contributed by atoms with Crippen molar-refractivity contribution in [3.05, 3.63) is 75.8 Å². The van der Waals surface area contributed by atoms with Crippen molar-refractivity contribution in [3.63, 3.8) is 0 Å². The van der Waals surface area contributed by atoms with E-state index in [1.807, 2.05) is 30.5 Å². The van der Waals surface area contributed by atoms with Gasteiger partial charge in [-0.05, 0) is 42.5 Å². The summed E-state index contributed by atoms with van der Waals surface area (Å²) in [6.45, 7) is 1.68. The van der Waals surface area contributed by atoms with Crippen LogP contribution in [0, 0.1) is 10.1 Å². The molecule has 1 atom stereocenters. The third-order valence-electron chi connectivity index (χ3n) is 3.37. The van der Waals surface area contributed by atoms with Crippen molar-refractivity contribution in [2.45, 2.75) is 17.9 Å². The Kier molecular flexibility index (Phi) is 6.14. The fourth-order valence-electron chi connectivity index (χ4n) is 2.05. The van der Waals surface area contributed by atoms with Gasteiger partial charge in [-0.3, -0.25) is 10.1 Å². The Balaban J connectivity index is 1.99. The van der Waals surface area contributed by atoms with E-state index in [0.29, 0.717) is 5.56 Å². The Hall–Kier alpha value is -2.60. The van der Waals surface area contributed by atoms with Crippen molar-refractivity contribution in [3.8, 4) is 0 Å². The van der Waals surface area contributed by atoms with Crippen LogP contribution in [0.4, 0.5) is 5.69 Å². The molecule has 0 aliphatic rings. The number of carbonyl (C=O) groups excluding carboxylic acids is 1. The molecule has 24 heavy (non-hydrogen) atoms. The zero-order valence-electron chi connectivity index (χ0n) is 13.3. The van der Waals surface area contributed by atoms with Crippen LogP contribution in [0.15, 0.2) is 59.5 Å². The summed E-state index contributed by atoms with van der Waals surface area (Å²) in [7, 11) is 0. The van der Waals surface area contributed by atoms with Gasteiger partial charge in [-0.2, -0.15) is 0 Å². The minimum atomic E-state index is -0.569. The topological polar surface area (TPSA) is 69.4 Å². The molecule has 6 heteroatoms. The summed E-state index contributed by atoms with van der Waals surface area (Å²) in [5, 5.41) is 10.8. The van der Waals surface area contributed by atoms with Crippen molar-refractivity contribution < 1.29 is 14.5 Å². The van der Waals surface area contributed by atoms with Crippen LogP contribution in [0.1, 0.15) is 24.2 Å². The molecule has 2 aromatic rings. The van der Waals surface area contributed by atoms with Crippen molar-refractivity contribution in [2.75, 3.05) is 6.26 Å². The molecule has 124 valence electrons. The molecule has 2 aromatic carbocycles. The van der Waals surface area contributed by atoms with E-state index in [2.05, 4.69) is 0 Å². The van der Waals surface area contributed by atoms with Gasteiger partial charge in [-0.15, -0.1) is 11.8 Å². The van der Waals surface area contributed by atoms with Crippen LogP contribution in [0.3, 0.4) is 0 Å². The van der Waals surface area contributed by atoms with Gasteiger partial charge in [0.25, 0.3) is 5.69 Å². The highest BCUT2D eigenvalue weighted by atomic mass is 32.2. The number of benzene rings is 2. The van der Waals surface area contributed by atoms with Crippen LogP contribution in [0.5, 0.6) is 0 Å². The van der Waals surface area contributed by atoms with Crippen LogP contribution in [-0.2, 0) is 9.53 Å². The number of rotatable bonds is 6. The number of thioether (sulfide) groups is 1. The number of ether oxygens (including phenoxy) is 1. The van der Waals surface area contributed by atoms with E-state index in [4.69, 9.17) is 4.74 Å². The number of nitro groups is 1. The minimum absolute atomic E-state index is 0.0279. The Morgan fingerprint density at radius 2 is 1.96 bits per heavy atom. The summed E-state index contributed by atoms with van der Waals surface area (Å²) in [5.74, 6) is -0.497. The molecule has 0 aromatic heterocycles. The van der Waals surface area contributed by atoms with Crippen molar-refractivity contribution in [1.29, 1.82) is 0 Å². The molecule has 0 saturated carbocycles. The summed E-state index contributed by atoms with van der Waals surface area (Å²) in [5.41, 5.74) is 1.45. The molecule has 2 rings (SSSR count). The number of non-ortho nitro benzene ring substituents is 1. The molecule has 0 bridgehead atoms. The van der Waals surface area contributed by atoms with E-state index in [1.165, 1.54) is 18.2 Å². The predicted octanol–water partition coefficient (Wildman–Crippen LogP) is 4.63. The second kappa shape index (κ2) is 8.31. The van der Waals surface area contributed by atoms with Gasteiger partial charge >= 0.3 is 5.97 Å². The molecular formula is C18H17NO4S. The lowest BCUT2D eigenvalue weighted by Crippen LogP contribution is -2.06. The lowest BCUT2D eigenvalue weighted by Gasteiger charge is -2.11. The largest absolute Gasteiger partial charge is 0.455 e.